The Bertz CT molecular complexity index is 913. The summed E-state index contributed by atoms with van der Waals surface area (Å²) in [5.41, 5.74) is 1.30. The molecular weight excluding hydrogens is 402 g/mol. The highest BCUT2D eigenvalue weighted by molar-refractivity contribution is 6.33. The molecule has 0 aromatic heterocycles. The third kappa shape index (κ3) is 5.43. The number of carbonyl (C=O) groups excluding carboxylic acids is 2. The van der Waals surface area contributed by atoms with Gasteiger partial charge in [0.25, 0.3) is 11.6 Å². The van der Waals surface area contributed by atoms with Crippen molar-refractivity contribution in [1.29, 1.82) is 0 Å². The minimum Gasteiger partial charge on any atom is -0.452 e. The molecule has 10 heteroatoms. The van der Waals surface area contributed by atoms with E-state index in [9.17, 15) is 19.7 Å². The van der Waals surface area contributed by atoms with Gasteiger partial charge < -0.3 is 19.7 Å². The molecule has 9 nitrogen and oxygen atoms in total. The van der Waals surface area contributed by atoms with E-state index in [1.54, 1.807) is 12.1 Å². The molecule has 2 aromatic carbocycles. The number of hydrogen-bond acceptors (Lipinski definition) is 7. The molecule has 0 bridgehead atoms. The Kier molecular flexibility index (Phi) is 6.63. The van der Waals surface area contributed by atoms with Crippen molar-refractivity contribution in [2.24, 2.45) is 0 Å². The van der Waals surface area contributed by atoms with E-state index in [-0.39, 0.29) is 16.3 Å². The van der Waals surface area contributed by atoms with E-state index in [1.807, 2.05) is 12.1 Å². The minimum atomic E-state index is -0.845. The molecule has 1 fully saturated rings. The van der Waals surface area contributed by atoms with Gasteiger partial charge in [0, 0.05) is 36.6 Å². The van der Waals surface area contributed by atoms with Crippen LogP contribution >= 0.6 is 11.6 Å². The van der Waals surface area contributed by atoms with Crippen molar-refractivity contribution in [2.75, 3.05) is 43.1 Å². The number of nitro benzene ring substituents is 1. The summed E-state index contributed by atoms with van der Waals surface area (Å²) in [6.07, 6.45) is 0. The van der Waals surface area contributed by atoms with Crippen LogP contribution in [0.15, 0.2) is 42.5 Å². The largest absolute Gasteiger partial charge is 0.452 e. The molecule has 2 aromatic rings. The molecule has 0 aliphatic carbocycles. The van der Waals surface area contributed by atoms with Gasteiger partial charge in [0.05, 0.1) is 28.7 Å². The van der Waals surface area contributed by atoms with Gasteiger partial charge in [-0.1, -0.05) is 11.6 Å². The van der Waals surface area contributed by atoms with Crippen molar-refractivity contribution in [3.63, 3.8) is 0 Å². The summed E-state index contributed by atoms with van der Waals surface area (Å²) in [4.78, 5) is 36.3. The molecule has 29 heavy (non-hydrogen) atoms. The van der Waals surface area contributed by atoms with Crippen molar-refractivity contribution in [3.05, 3.63) is 63.2 Å². The molecule has 152 valence electrons. The Labute approximate surface area is 171 Å². The first-order valence-electron chi connectivity index (χ1n) is 8.78. The molecule has 1 aliphatic rings. The summed E-state index contributed by atoms with van der Waals surface area (Å²) in [5.74, 6) is -1.36. The SMILES string of the molecule is O=C(COC(=O)c1ccc([N+](=O)[O-])cc1Cl)Nc1ccc(N2CCOCC2)cc1. The topological polar surface area (TPSA) is 111 Å². The van der Waals surface area contributed by atoms with Crippen LogP contribution in [0.1, 0.15) is 10.4 Å². The molecule has 0 atom stereocenters. The molecule has 1 heterocycles. The lowest BCUT2D eigenvalue weighted by Crippen LogP contribution is -2.36. The maximum atomic E-state index is 12.1. The monoisotopic (exact) mass is 419 g/mol. The van der Waals surface area contributed by atoms with Crippen molar-refractivity contribution in [1.82, 2.24) is 0 Å². The van der Waals surface area contributed by atoms with Crippen LogP contribution < -0.4 is 10.2 Å². The summed E-state index contributed by atoms with van der Waals surface area (Å²) in [7, 11) is 0. The number of anilines is 2. The molecule has 1 saturated heterocycles. The molecule has 0 saturated carbocycles. The maximum absolute atomic E-state index is 12.1. The van der Waals surface area contributed by atoms with E-state index in [2.05, 4.69) is 10.2 Å². The number of amides is 1. The zero-order valence-electron chi connectivity index (χ0n) is 15.3. The van der Waals surface area contributed by atoms with Crippen LogP contribution in [0.4, 0.5) is 17.1 Å². The number of non-ortho nitro benzene ring substituents is 1. The summed E-state index contributed by atoms with van der Waals surface area (Å²) in [6, 6.07) is 10.7. The van der Waals surface area contributed by atoms with Gasteiger partial charge in [-0.25, -0.2) is 4.79 Å². The van der Waals surface area contributed by atoms with Gasteiger partial charge >= 0.3 is 5.97 Å². The number of benzene rings is 2. The van der Waals surface area contributed by atoms with Crippen molar-refractivity contribution in [2.45, 2.75) is 0 Å². The number of halogens is 1. The van der Waals surface area contributed by atoms with Crippen molar-refractivity contribution in [3.8, 4) is 0 Å². The molecule has 1 N–H and O–H groups in total. The number of nitro groups is 1. The third-order valence-electron chi connectivity index (χ3n) is 4.25. The van der Waals surface area contributed by atoms with E-state index >= 15 is 0 Å². The zero-order valence-corrected chi connectivity index (χ0v) is 16.1. The quantitative estimate of drug-likeness (QED) is 0.435. The molecule has 0 radical (unpaired) electrons. The van der Waals surface area contributed by atoms with Gasteiger partial charge in [0.1, 0.15) is 0 Å². The van der Waals surface area contributed by atoms with Crippen LogP contribution in [0, 0.1) is 10.1 Å². The first kappa shape index (κ1) is 20.6. The number of nitrogens with zero attached hydrogens (tertiary/aromatic N) is 2. The first-order valence-corrected chi connectivity index (χ1v) is 9.15. The summed E-state index contributed by atoms with van der Waals surface area (Å²) < 4.78 is 10.3. The summed E-state index contributed by atoms with van der Waals surface area (Å²) >= 11 is 5.87. The Morgan fingerprint density at radius 3 is 2.48 bits per heavy atom. The molecule has 0 unspecified atom stereocenters. The zero-order chi connectivity index (χ0) is 20.8. The number of carbonyl (C=O) groups is 2. The molecular formula is C19H18ClN3O6. The second-order valence-electron chi connectivity index (χ2n) is 6.19. The molecule has 3 rings (SSSR count). The molecule has 1 amide bonds. The fourth-order valence-corrected chi connectivity index (χ4v) is 3.02. The fourth-order valence-electron chi connectivity index (χ4n) is 2.77. The third-order valence-corrected chi connectivity index (χ3v) is 4.56. The number of rotatable bonds is 6. The highest BCUT2D eigenvalue weighted by Crippen LogP contribution is 2.23. The lowest BCUT2D eigenvalue weighted by molar-refractivity contribution is -0.384. The normalized spacial score (nSPS) is 13.6. The van der Waals surface area contributed by atoms with E-state index in [4.69, 9.17) is 21.1 Å². The van der Waals surface area contributed by atoms with Crippen LogP contribution in [0.25, 0.3) is 0 Å². The van der Waals surface area contributed by atoms with Crippen LogP contribution in [-0.4, -0.2) is 49.7 Å². The Morgan fingerprint density at radius 2 is 1.86 bits per heavy atom. The highest BCUT2D eigenvalue weighted by Gasteiger charge is 2.17. The molecule has 1 aliphatic heterocycles. The van der Waals surface area contributed by atoms with Crippen LogP contribution in [0.5, 0.6) is 0 Å². The number of nitrogens with one attached hydrogen (secondary N) is 1. The lowest BCUT2D eigenvalue weighted by Gasteiger charge is -2.28. The van der Waals surface area contributed by atoms with Crippen LogP contribution in [0.3, 0.4) is 0 Å². The van der Waals surface area contributed by atoms with Gasteiger partial charge in [-0.15, -0.1) is 0 Å². The summed E-state index contributed by atoms with van der Waals surface area (Å²) in [5, 5.41) is 13.2. The van der Waals surface area contributed by atoms with Gasteiger partial charge in [0.15, 0.2) is 6.61 Å². The standard InChI is InChI=1S/C19H18ClN3O6/c20-17-11-15(23(26)27)5-6-16(17)19(25)29-12-18(24)21-13-1-3-14(4-2-13)22-7-9-28-10-8-22/h1-6,11H,7-10,12H2,(H,21,24). The van der Waals surface area contributed by atoms with Gasteiger partial charge in [0.2, 0.25) is 0 Å². The second kappa shape index (κ2) is 9.35. The number of esters is 1. The van der Waals surface area contributed by atoms with Crippen molar-refractivity contribution >= 4 is 40.5 Å². The number of ether oxygens (including phenoxy) is 2. The predicted octanol–water partition coefficient (Wildman–Crippen LogP) is 2.88. The van der Waals surface area contributed by atoms with Gasteiger partial charge in [-0.2, -0.15) is 0 Å². The average molecular weight is 420 g/mol. The maximum Gasteiger partial charge on any atom is 0.340 e. The van der Waals surface area contributed by atoms with E-state index in [0.717, 1.165) is 30.9 Å². The Balaban J connectivity index is 1.51. The van der Waals surface area contributed by atoms with Crippen LogP contribution in [0.2, 0.25) is 5.02 Å². The fraction of sp³-hybridized carbons (Fsp3) is 0.263. The van der Waals surface area contributed by atoms with Crippen molar-refractivity contribution < 1.29 is 24.0 Å². The van der Waals surface area contributed by atoms with E-state index in [0.29, 0.717) is 18.9 Å². The smallest absolute Gasteiger partial charge is 0.340 e. The number of morpholine rings is 1. The van der Waals surface area contributed by atoms with E-state index < -0.39 is 23.4 Å². The Morgan fingerprint density at radius 1 is 1.17 bits per heavy atom. The first-order chi connectivity index (χ1) is 13.9. The summed E-state index contributed by atoms with van der Waals surface area (Å²) in [6.45, 7) is 2.47. The minimum absolute atomic E-state index is 0.0556. The van der Waals surface area contributed by atoms with E-state index in [1.165, 1.54) is 6.07 Å². The number of hydrogen-bond donors (Lipinski definition) is 1. The lowest BCUT2D eigenvalue weighted by atomic mass is 10.2. The predicted molar refractivity (Wildman–Crippen MR) is 106 cm³/mol. The van der Waals surface area contributed by atoms with Gasteiger partial charge in [-0.3, -0.25) is 14.9 Å². The molecule has 0 spiro atoms. The van der Waals surface area contributed by atoms with Gasteiger partial charge in [-0.05, 0) is 30.3 Å². The van der Waals surface area contributed by atoms with Crippen LogP contribution in [-0.2, 0) is 14.3 Å². The highest BCUT2D eigenvalue weighted by atomic mass is 35.5. The average Bonchev–Trinajstić information content (AvgIpc) is 2.73. The second-order valence-corrected chi connectivity index (χ2v) is 6.60. The Hall–Kier alpha value is -3.17.